The van der Waals surface area contributed by atoms with Gasteiger partial charge in [0.25, 0.3) is 0 Å². The van der Waals surface area contributed by atoms with Crippen LogP contribution in [0.3, 0.4) is 0 Å². The normalized spacial score (nSPS) is 10.8. The summed E-state index contributed by atoms with van der Waals surface area (Å²) in [6.45, 7) is 0.523. The van der Waals surface area contributed by atoms with E-state index < -0.39 is 0 Å². The van der Waals surface area contributed by atoms with Crippen molar-refractivity contribution in [2.45, 2.75) is 11.7 Å². The summed E-state index contributed by atoms with van der Waals surface area (Å²) in [4.78, 5) is 17.6. The van der Waals surface area contributed by atoms with Crippen molar-refractivity contribution in [2.75, 3.05) is 5.75 Å². The molecule has 1 amide bonds. The summed E-state index contributed by atoms with van der Waals surface area (Å²) in [7, 11) is 0. The van der Waals surface area contributed by atoms with Crippen molar-refractivity contribution in [3.05, 3.63) is 76.2 Å². The second-order valence-electron chi connectivity index (χ2n) is 5.98. The maximum Gasteiger partial charge on any atom is 0.230 e. The highest BCUT2D eigenvalue weighted by Crippen LogP contribution is 2.31. The lowest BCUT2D eigenvalue weighted by atomic mass is 10.2. The Labute approximate surface area is 181 Å². The number of rotatable bonds is 7. The lowest BCUT2D eigenvalue weighted by Crippen LogP contribution is -2.24. The molecule has 3 heterocycles. The molecule has 0 unspecified atom stereocenters. The zero-order valence-corrected chi connectivity index (χ0v) is 17.5. The highest BCUT2D eigenvalue weighted by Gasteiger charge is 2.19. The van der Waals surface area contributed by atoms with Gasteiger partial charge in [0.1, 0.15) is 0 Å². The number of thiophene rings is 1. The molecule has 0 saturated heterocycles. The van der Waals surface area contributed by atoms with Crippen molar-refractivity contribution in [3.8, 4) is 17.1 Å². The fourth-order valence-electron chi connectivity index (χ4n) is 2.68. The third kappa shape index (κ3) is 4.67. The molecule has 0 saturated carbocycles. The summed E-state index contributed by atoms with van der Waals surface area (Å²) in [6.07, 6.45) is 3.42. The van der Waals surface area contributed by atoms with E-state index in [-0.39, 0.29) is 11.7 Å². The molecule has 0 fully saturated rings. The largest absolute Gasteiger partial charge is 0.350 e. The Balaban J connectivity index is 1.57. The number of carbonyl (C=O) groups excluding carboxylic acids is 1. The summed E-state index contributed by atoms with van der Waals surface area (Å²) in [5.74, 6) is 0.772. The number of benzene rings is 1. The van der Waals surface area contributed by atoms with E-state index in [4.69, 9.17) is 11.6 Å². The maximum absolute atomic E-state index is 12.3. The molecule has 4 rings (SSSR count). The van der Waals surface area contributed by atoms with Gasteiger partial charge in [-0.05, 0) is 35.7 Å². The fourth-order valence-corrected chi connectivity index (χ4v) is 4.32. The van der Waals surface area contributed by atoms with Gasteiger partial charge < -0.3 is 5.32 Å². The molecule has 9 heteroatoms. The average Bonchev–Trinajstić information content (AvgIpc) is 3.42. The topological polar surface area (TPSA) is 72.7 Å². The number of para-hydroxylation sites is 1. The number of nitrogens with one attached hydrogen (secondary N) is 1. The Bertz CT molecular complexity index is 1100. The molecule has 0 aliphatic carbocycles. The summed E-state index contributed by atoms with van der Waals surface area (Å²) in [5.41, 5.74) is 1.56. The second kappa shape index (κ2) is 9.21. The third-order valence-corrected chi connectivity index (χ3v) is 6.14. The molecule has 29 heavy (non-hydrogen) atoms. The molecular weight excluding hydrogens is 426 g/mol. The van der Waals surface area contributed by atoms with Crippen LogP contribution in [-0.4, -0.2) is 31.4 Å². The molecule has 0 aliphatic heterocycles. The minimum Gasteiger partial charge on any atom is -0.350 e. The third-order valence-electron chi connectivity index (χ3n) is 4.02. The summed E-state index contributed by atoms with van der Waals surface area (Å²) >= 11 is 9.36. The van der Waals surface area contributed by atoms with E-state index in [9.17, 15) is 4.79 Å². The first-order valence-corrected chi connectivity index (χ1v) is 11.0. The van der Waals surface area contributed by atoms with Gasteiger partial charge in [0.2, 0.25) is 5.91 Å². The molecule has 146 valence electrons. The number of thioether (sulfide) groups is 1. The van der Waals surface area contributed by atoms with Gasteiger partial charge >= 0.3 is 0 Å². The number of hydrogen-bond donors (Lipinski definition) is 1. The van der Waals surface area contributed by atoms with Crippen molar-refractivity contribution in [1.29, 1.82) is 0 Å². The van der Waals surface area contributed by atoms with Crippen LogP contribution < -0.4 is 5.32 Å². The quantitative estimate of drug-likeness (QED) is 0.429. The molecule has 0 atom stereocenters. The van der Waals surface area contributed by atoms with Crippen LogP contribution in [0.2, 0.25) is 5.02 Å². The average molecular weight is 442 g/mol. The van der Waals surface area contributed by atoms with Gasteiger partial charge in [-0.1, -0.05) is 41.6 Å². The van der Waals surface area contributed by atoms with Crippen LogP contribution in [-0.2, 0) is 11.3 Å². The SMILES string of the molecule is O=C(CSc1nnc(-c2cccnc2)n1-c1ccccc1Cl)NCc1cccs1. The number of nitrogens with zero attached hydrogens (tertiary/aromatic N) is 4. The Morgan fingerprint density at radius 2 is 2.03 bits per heavy atom. The van der Waals surface area contributed by atoms with Crippen LogP contribution in [0.5, 0.6) is 0 Å². The van der Waals surface area contributed by atoms with Crippen LogP contribution in [0.4, 0.5) is 0 Å². The fraction of sp³-hybridized carbons (Fsp3) is 0.100. The van der Waals surface area contributed by atoms with Crippen molar-refractivity contribution >= 4 is 40.6 Å². The Morgan fingerprint density at radius 1 is 1.14 bits per heavy atom. The molecule has 0 spiro atoms. The van der Waals surface area contributed by atoms with Gasteiger partial charge in [0.15, 0.2) is 11.0 Å². The van der Waals surface area contributed by atoms with Crippen LogP contribution in [0.15, 0.2) is 71.5 Å². The van der Waals surface area contributed by atoms with E-state index in [1.54, 1.807) is 23.7 Å². The zero-order chi connectivity index (χ0) is 20.1. The number of aromatic nitrogens is 4. The highest BCUT2D eigenvalue weighted by atomic mass is 35.5. The number of amides is 1. The molecule has 0 aliphatic rings. The molecule has 0 bridgehead atoms. The number of carbonyl (C=O) groups is 1. The van der Waals surface area contributed by atoms with Crippen LogP contribution in [0.1, 0.15) is 4.88 Å². The predicted octanol–water partition coefficient (Wildman–Crippen LogP) is 4.45. The van der Waals surface area contributed by atoms with Crippen molar-refractivity contribution < 1.29 is 4.79 Å². The van der Waals surface area contributed by atoms with Gasteiger partial charge in [-0.25, -0.2) is 0 Å². The lowest BCUT2D eigenvalue weighted by Gasteiger charge is -2.11. The van der Waals surface area contributed by atoms with Gasteiger partial charge in [-0.3, -0.25) is 14.3 Å². The van der Waals surface area contributed by atoms with Gasteiger partial charge in [-0.2, -0.15) is 0 Å². The van der Waals surface area contributed by atoms with Gasteiger partial charge in [-0.15, -0.1) is 21.5 Å². The first kappa shape index (κ1) is 19.6. The van der Waals surface area contributed by atoms with Crippen LogP contribution >= 0.6 is 34.7 Å². The Hall–Kier alpha value is -2.68. The summed E-state index contributed by atoms with van der Waals surface area (Å²) in [5, 5.41) is 14.7. The van der Waals surface area contributed by atoms with Crippen LogP contribution in [0.25, 0.3) is 17.1 Å². The van der Waals surface area contributed by atoms with E-state index in [1.165, 1.54) is 11.8 Å². The maximum atomic E-state index is 12.3. The molecule has 1 N–H and O–H groups in total. The van der Waals surface area contributed by atoms with Crippen molar-refractivity contribution in [2.24, 2.45) is 0 Å². The van der Waals surface area contributed by atoms with Crippen molar-refractivity contribution in [1.82, 2.24) is 25.1 Å². The number of halogens is 1. The first-order valence-electron chi connectivity index (χ1n) is 8.75. The van der Waals surface area contributed by atoms with Gasteiger partial charge in [0.05, 0.1) is 23.0 Å². The van der Waals surface area contributed by atoms with E-state index >= 15 is 0 Å². The second-order valence-corrected chi connectivity index (χ2v) is 8.36. The smallest absolute Gasteiger partial charge is 0.230 e. The zero-order valence-electron chi connectivity index (χ0n) is 15.2. The Kier molecular flexibility index (Phi) is 6.24. The summed E-state index contributed by atoms with van der Waals surface area (Å²) < 4.78 is 1.86. The van der Waals surface area contributed by atoms with E-state index in [0.29, 0.717) is 22.5 Å². The number of hydrogen-bond acceptors (Lipinski definition) is 6. The lowest BCUT2D eigenvalue weighted by molar-refractivity contribution is -0.118. The monoisotopic (exact) mass is 441 g/mol. The number of pyridine rings is 1. The molecule has 1 aromatic carbocycles. The highest BCUT2D eigenvalue weighted by molar-refractivity contribution is 7.99. The van der Waals surface area contributed by atoms with Crippen LogP contribution in [0, 0.1) is 0 Å². The van der Waals surface area contributed by atoms with Crippen molar-refractivity contribution in [3.63, 3.8) is 0 Å². The minimum absolute atomic E-state index is 0.0694. The summed E-state index contributed by atoms with van der Waals surface area (Å²) in [6, 6.07) is 15.2. The van der Waals surface area contributed by atoms with E-state index in [2.05, 4.69) is 20.5 Å². The predicted molar refractivity (Wildman–Crippen MR) is 116 cm³/mol. The molecule has 3 aromatic heterocycles. The van der Waals surface area contributed by atoms with E-state index in [1.807, 2.05) is 58.5 Å². The molecule has 4 aromatic rings. The molecule has 6 nitrogen and oxygen atoms in total. The van der Waals surface area contributed by atoms with E-state index in [0.717, 1.165) is 16.1 Å². The van der Waals surface area contributed by atoms with Gasteiger partial charge in [0, 0.05) is 22.8 Å². The molecule has 0 radical (unpaired) electrons. The standard InChI is InChI=1S/C20H16ClN5OS2/c21-16-7-1-2-8-17(16)26-19(14-5-3-9-22-11-14)24-25-20(26)29-13-18(27)23-12-15-6-4-10-28-15/h1-11H,12-13H2,(H,23,27). The first-order chi connectivity index (χ1) is 14.2. The minimum atomic E-state index is -0.0694. The molecular formula is C20H16ClN5OS2. The Morgan fingerprint density at radius 3 is 2.79 bits per heavy atom.